The van der Waals surface area contributed by atoms with Gasteiger partial charge in [0.1, 0.15) is 23.8 Å². The number of nitrogens with zero attached hydrogens (tertiary/aromatic N) is 2. The minimum Gasteiger partial charge on any atom is -0.493 e. The van der Waals surface area contributed by atoms with Gasteiger partial charge in [-0.05, 0) is 13.0 Å². The van der Waals surface area contributed by atoms with Crippen LogP contribution in [0.15, 0.2) is 33.1 Å². The van der Waals surface area contributed by atoms with Crippen LogP contribution in [0.3, 0.4) is 0 Å². The second-order valence-corrected chi connectivity index (χ2v) is 8.72. The average Bonchev–Trinajstić information content (AvgIpc) is 3.20. The predicted molar refractivity (Wildman–Crippen MR) is 116 cm³/mol. The fourth-order valence-corrected chi connectivity index (χ4v) is 3.52. The van der Waals surface area contributed by atoms with Gasteiger partial charge in [-0.3, -0.25) is 4.79 Å². The highest BCUT2D eigenvalue weighted by molar-refractivity contribution is 6.04. The van der Waals surface area contributed by atoms with Gasteiger partial charge in [0.05, 0.1) is 30.7 Å². The lowest BCUT2D eigenvalue weighted by Gasteiger charge is -2.18. The van der Waals surface area contributed by atoms with E-state index >= 15 is 0 Å². The largest absolute Gasteiger partial charge is 0.493 e. The van der Waals surface area contributed by atoms with Gasteiger partial charge in [0.15, 0.2) is 12.0 Å². The van der Waals surface area contributed by atoms with Gasteiger partial charge in [0, 0.05) is 31.9 Å². The van der Waals surface area contributed by atoms with Gasteiger partial charge in [0.2, 0.25) is 17.4 Å². The number of hydrogen-bond acceptors (Lipinski definition) is 7. The van der Waals surface area contributed by atoms with Gasteiger partial charge >= 0.3 is 6.18 Å². The maximum Gasteiger partial charge on any atom is 0.422 e. The number of nitrogens with one attached hydrogen (secondary N) is 1. The summed E-state index contributed by atoms with van der Waals surface area (Å²) in [6.45, 7) is 1.63. The van der Waals surface area contributed by atoms with Crippen molar-refractivity contribution in [2.75, 3.05) is 19.8 Å². The molecule has 1 saturated carbocycles. The van der Waals surface area contributed by atoms with Crippen LogP contribution in [0, 0.1) is 5.92 Å². The zero-order valence-corrected chi connectivity index (χ0v) is 19.5. The first-order chi connectivity index (χ1) is 16.9. The van der Waals surface area contributed by atoms with Crippen LogP contribution in [-0.4, -0.2) is 54.8 Å². The van der Waals surface area contributed by atoms with Crippen molar-refractivity contribution in [3.63, 3.8) is 0 Å². The van der Waals surface area contributed by atoms with Crippen LogP contribution in [0.2, 0.25) is 0 Å². The Hall–Kier alpha value is -3.38. The van der Waals surface area contributed by atoms with Gasteiger partial charge in [-0.25, -0.2) is 18.8 Å². The molecule has 2 aliphatic carbocycles. The number of carbonyl (C=O) groups excluding carboxylic acids is 1. The second kappa shape index (κ2) is 9.94. The number of hydrogen-bond donors (Lipinski definition) is 1. The first kappa shape index (κ1) is 25.7. The lowest BCUT2D eigenvalue weighted by atomic mass is 10.1. The molecule has 0 bridgehead atoms. The van der Waals surface area contributed by atoms with Crippen molar-refractivity contribution in [1.29, 1.82) is 0 Å². The number of aromatic nitrogens is 1. The molecule has 1 fully saturated rings. The highest BCUT2D eigenvalue weighted by Crippen LogP contribution is 2.48. The Labute approximate surface area is 202 Å². The Bertz CT molecular complexity index is 1230. The SMILES string of the molecule is CC(=O)N[C@@H](C)COC1=NCc2nc(=C3CC=C(OCC4CC4(F)F)C=C3OCC(F)(F)F)oc2=C1. The lowest BCUT2D eigenvalue weighted by molar-refractivity contribution is -0.163. The van der Waals surface area contributed by atoms with Crippen LogP contribution in [0.25, 0.3) is 11.6 Å². The van der Waals surface area contributed by atoms with Crippen molar-refractivity contribution in [2.24, 2.45) is 10.9 Å². The van der Waals surface area contributed by atoms with Gasteiger partial charge in [-0.15, -0.1) is 0 Å². The number of alkyl halides is 5. The molecule has 1 aliphatic heterocycles. The molecule has 0 radical (unpaired) electrons. The number of ether oxygens (including phenoxy) is 3. The van der Waals surface area contributed by atoms with Crippen molar-refractivity contribution >= 4 is 23.5 Å². The third-order valence-corrected chi connectivity index (χ3v) is 5.43. The van der Waals surface area contributed by atoms with Crippen molar-refractivity contribution in [2.45, 2.75) is 51.4 Å². The smallest absolute Gasteiger partial charge is 0.422 e. The molecular weight excluding hydrogens is 493 g/mol. The molecule has 36 heavy (non-hydrogen) atoms. The third kappa shape index (κ3) is 6.64. The van der Waals surface area contributed by atoms with E-state index in [0.29, 0.717) is 11.1 Å². The van der Waals surface area contributed by atoms with E-state index in [-0.39, 0.29) is 73.1 Å². The molecule has 4 rings (SSSR count). The number of amides is 1. The maximum atomic E-state index is 13.1. The van der Waals surface area contributed by atoms with Crippen molar-refractivity contribution < 1.29 is 45.4 Å². The van der Waals surface area contributed by atoms with E-state index in [0.717, 1.165) is 0 Å². The van der Waals surface area contributed by atoms with Crippen molar-refractivity contribution in [3.05, 3.63) is 40.3 Å². The molecule has 1 unspecified atom stereocenters. The summed E-state index contributed by atoms with van der Waals surface area (Å²) < 4.78 is 86.4. The van der Waals surface area contributed by atoms with E-state index in [9.17, 15) is 26.7 Å². The number of allylic oxidation sites excluding steroid dienone is 3. The number of fused-ring (bicyclic) bond motifs is 1. The molecule has 3 aliphatic rings. The van der Waals surface area contributed by atoms with Gasteiger partial charge in [-0.1, -0.05) is 0 Å². The van der Waals surface area contributed by atoms with Gasteiger partial charge < -0.3 is 23.9 Å². The van der Waals surface area contributed by atoms with E-state index in [2.05, 4.69) is 15.3 Å². The van der Waals surface area contributed by atoms with Gasteiger partial charge in [0.25, 0.3) is 5.92 Å². The molecule has 0 spiro atoms. The summed E-state index contributed by atoms with van der Waals surface area (Å²) in [5, 5.41) is 2.68. The maximum absolute atomic E-state index is 13.1. The number of rotatable bonds is 8. The monoisotopic (exact) mass is 517 g/mol. The van der Waals surface area contributed by atoms with E-state index in [1.807, 2.05) is 0 Å². The lowest BCUT2D eigenvalue weighted by Crippen LogP contribution is -2.35. The number of aliphatic imine (C=N–C) groups is 1. The Balaban J connectivity index is 1.52. The summed E-state index contributed by atoms with van der Waals surface area (Å²) in [4.78, 5) is 19.7. The fraction of sp³-hybridized carbons (Fsp3) is 0.522. The van der Waals surface area contributed by atoms with Gasteiger partial charge in [-0.2, -0.15) is 13.2 Å². The van der Waals surface area contributed by atoms with Crippen LogP contribution in [-0.2, 0) is 25.5 Å². The Morgan fingerprint density at radius 2 is 2.03 bits per heavy atom. The molecule has 1 amide bonds. The van der Waals surface area contributed by atoms with E-state index in [1.54, 1.807) is 6.92 Å². The van der Waals surface area contributed by atoms with Crippen LogP contribution in [0.4, 0.5) is 22.0 Å². The molecule has 13 heteroatoms. The molecular formula is C23H24F5N3O5. The van der Waals surface area contributed by atoms with Crippen LogP contribution >= 0.6 is 0 Å². The molecule has 8 nitrogen and oxygen atoms in total. The summed E-state index contributed by atoms with van der Waals surface area (Å²) in [6.07, 6.45) is -0.569. The molecule has 1 N–H and O–H groups in total. The molecule has 0 aromatic carbocycles. The van der Waals surface area contributed by atoms with Crippen molar-refractivity contribution in [3.8, 4) is 0 Å². The normalized spacial score (nSPS) is 22.8. The van der Waals surface area contributed by atoms with Crippen LogP contribution in [0.1, 0.15) is 32.4 Å². The van der Waals surface area contributed by atoms with Crippen LogP contribution in [0.5, 0.6) is 0 Å². The summed E-state index contributed by atoms with van der Waals surface area (Å²) in [5.41, 5.74) is 1.06. The summed E-state index contributed by atoms with van der Waals surface area (Å²) in [7, 11) is 0. The molecule has 0 saturated heterocycles. The van der Waals surface area contributed by atoms with Crippen molar-refractivity contribution in [1.82, 2.24) is 10.3 Å². The standard InChI is InChI=1S/C23H24F5N3O5/c1-12(30-13(2)32)9-34-20-6-19-17(8-29-20)31-21(36-19)16-4-3-15(33-10-14-7-22(14,24)25)5-18(16)35-11-23(26,27)28/h3,5-6,12,14H,4,7-11H2,1-2H3,(H,30,32)/t12-,14?/m0/s1. The predicted octanol–water partition coefficient (Wildman–Crippen LogP) is 2.48. The Kier molecular flexibility index (Phi) is 7.10. The average molecular weight is 517 g/mol. The minimum absolute atomic E-state index is 0.0387. The highest BCUT2D eigenvalue weighted by atomic mass is 19.4. The first-order valence-electron chi connectivity index (χ1n) is 11.2. The van der Waals surface area contributed by atoms with Crippen LogP contribution < -0.4 is 16.3 Å². The second-order valence-electron chi connectivity index (χ2n) is 8.72. The molecule has 2 heterocycles. The van der Waals surface area contributed by atoms with E-state index in [1.165, 1.54) is 25.2 Å². The summed E-state index contributed by atoms with van der Waals surface area (Å²) in [5.74, 6) is -3.67. The summed E-state index contributed by atoms with van der Waals surface area (Å²) >= 11 is 0. The minimum atomic E-state index is -4.59. The zero-order chi connectivity index (χ0) is 26.1. The number of carbonyl (C=O) groups is 1. The topological polar surface area (TPSA) is 95.2 Å². The zero-order valence-electron chi connectivity index (χ0n) is 19.5. The number of halogens is 5. The fourth-order valence-electron chi connectivity index (χ4n) is 3.52. The molecule has 2 atom stereocenters. The molecule has 1 aromatic rings. The molecule has 196 valence electrons. The quantitative estimate of drug-likeness (QED) is 0.533. The number of oxazole rings is 1. The van der Waals surface area contributed by atoms with E-state index in [4.69, 9.17) is 18.6 Å². The Morgan fingerprint density at radius 3 is 2.69 bits per heavy atom. The summed E-state index contributed by atoms with van der Waals surface area (Å²) in [6, 6.07) is -0.254. The third-order valence-electron chi connectivity index (χ3n) is 5.43. The Morgan fingerprint density at radius 1 is 1.28 bits per heavy atom. The molecule has 1 aromatic heterocycles. The van der Waals surface area contributed by atoms with E-state index < -0.39 is 24.6 Å². The first-order valence-corrected chi connectivity index (χ1v) is 11.2. The highest BCUT2D eigenvalue weighted by Gasteiger charge is 2.57.